The summed E-state index contributed by atoms with van der Waals surface area (Å²) in [6, 6.07) is 1.18. The molecule has 6 heteroatoms. The summed E-state index contributed by atoms with van der Waals surface area (Å²) in [6.07, 6.45) is 5.75. The van der Waals surface area contributed by atoms with Crippen LogP contribution in [0.15, 0.2) is 36.3 Å². The monoisotopic (exact) mass is 340 g/mol. The van der Waals surface area contributed by atoms with Gasteiger partial charge in [-0.15, -0.1) is 0 Å². The Balaban J connectivity index is 4.21. The molecule has 0 saturated heterocycles. The molecule has 0 amide bonds. The molecule has 0 bridgehead atoms. The minimum absolute atomic E-state index is 0.548. The predicted molar refractivity (Wildman–Crippen MR) is 104 cm³/mol. The number of nitrogens with one attached hydrogen (secondary N) is 3. The fourth-order valence-corrected chi connectivity index (χ4v) is 2.38. The molecule has 0 unspecified atom stereocenters. The Morgan fingerprint density at radius 1 is 1.22 bits per heavy atom. The van der Waals surface area contributed by atoms with Crippen LogP contribution in [0.25, 0.3) is 0 Å². The second kappa shape index (κ2) is 12.2. The summed E-state index contributed by atoms with van der Waals surface area (Å²) in [5.74, 6) is 0. The largest absolute Gasteiger partial charge is 0.390 e. The van der Waals surface area contributed by atoms with Crippen molar-refractivity contribution in [2.24, 2.45) is 0 Å². The van der Waals surface area contributed by atoms with E-state index in [1.165, 1.54) is 6.04 Å². The van der Waals surface area contributed by atoms with Crippen LogP contribution in [0.1, 0.15) is 13.8 Å². The quantitative estimate of drug-likeness (QED) is 0.158. The van der Waals surface area contributed by atoms with Crippen LogP contribution in [0, 0.1) is 0 Å². The van der Waals surface area contributed by atoms with Crippen LogP contribution in [-0.2, 0) is 4.74 Å². The molecule has 0 aliphatic carbocycles. The summed E-state index contributed by atoms with van der Waals surface area (Å²) in [5, 5.41) is 8.37. The van der Waals surface area contributed by atoms with Crippen molar-refractivity contribution in [3.8, 4) is 0 Å². The molecule has 0 atom stereocenters. The van der Waals surface area contributed by atoms with Crippen molar-refractivity contribution in [2.75, 3.05) is 33.5 Å². The maximum Gasteiger partial charge on any atom is 0.132 e. The summed E-state index contributed by atoms with van der Waals surface area (Å²) >= 11 is 0. The van der Waals surface area contributed by atoms with Gasteiger partial charge in [0.05, 0.1) is 0 Å². The van der Waals surface area contributed by atoms with Crippen LogP contribution in [0.5, 0.6) is 0 Å². The zero-order chi connectivity index (χ0) is 17.7. The second-order valence-electron chi connectivity index (χ2n) is 6.76. The first-order valence-corrected chi connectivity index (χ1v) is 12.0. The summed E-state index contributed by atoms with van der Waals surface area (Å²) in [4.78, 5) is 0. The van der Waals surface area contributed by atoms with Gasteiger partial charge in [-0.25, -0.2) is 5.43 Å². The highest BCUT2D eigenvalue weighted by Crippen LogP contribution is 2.08. The fraction of sp³-hybridized carbons (Fsp3) is 0.647. The van der Waals surface area contributed by atoms with Gasteiger partial charge in [-0.3, -0.25) is 5.01 Å². The molecule has 0 aliphatic heterocycles. The maximum absolute atomic E-state index is 5.83. The van der Waals surface area contributed by atoms with Gasteiger partial charge in [-0.2, -0.15) is 0 Å². The van der Waals surface area contributed by atoms with Gasteiger partial charge in [-0.05, 0) is 26.0 Å². The van der Waals surface area contributed by atoms with E-state index in [0.717, 1.165) is 31.1 Å². The van der Waals surface area contributed by atoms with E-state index >= 15 is 0 Å². The standard InChI is InChI=1S/C17H36N4OSi/c1-8-9-17(3)21(15-22-12-13-23(5,6)7)20-11-10-19-14-16(2)18-4/h8-9,14,18-20H,1,10-13,15H2,2-7H3/b16-14+,17-9+. The van der Waals surface area contributed by atoms with Crippen LogP contribution < -0.4 is 16.1 Å². The van der Waals surface area contributed by atoms with E-state index in [-0.39, 0.29) is 0 Å². The molecule has 0 aliphatic rings. The lowest BCUT2D eigenvalue weighted by molar-refractivity contribution is 0.0276. The van der Waals surface area contributed by atoms with Crippen LogP contribution in [0.3, 0.4) is 0 Å². The molecule has 134 valence electrons. The average molecular weight is 341 g/mol. The molecule has 0 radical (unpaired) electrons. The SMILES string of the molecule is C=C/C=C(\C)N(COCC[Si](C)(C)C)NCCN/C=C(\C)NC. The van der Waals surface area contributed by atoms with Crippen molar-refractivity contribution in [3.63, 3.8) is 0 Å². The summed E-state index contributed by atoms with van der Waals surface area (Å²) in [5.41, 5.74) is 5.59. The highest BCUT2D eigenvalue weighted by molar-refractivity contribution is 6.76. The molecule has 0 rings (SSSR count). The molecule has 0 aromatic carbocycles. The van der Waals surface area contributed by atoms with E-state index in [2.05, 4.69) is 49.2 Å². The molecule has 3 N–H and O–H groups in total. The topological polar surface area (TPSA) is 48.6 Å². The van der Waals surface area contributed by atoms with Gasteiger partial charge in [-0.1, -0.05) is 32.3 Å². The Morgan fingerprint density at radius 2 is 1.91 bits per heavy atom. The lowest BCUT2D eigenvalue weighted by atomic mass is 10.4. The van der Waals surface area contributed by atoms with Crippen molar-refractivity contribution in [3.05, 3.63) is 36.3 Å². The highest BCUT2D eigenvalue weighted by atomic mass is 28.3. The maximum atomic E-state index is 5.83. The molecular formula is C17H36N4OSi. The number of hydrazine groups is 1. The first-order valence-electron chi connectivity index (χ1n) is 8.26. The second-order valence-corrected chi connectivity index (χ2v) is 12.4. The van der Waals surface area contributed by atoms with Crippen LogP contribution in [0.4, 0.5) is 0 Å². The van der Waals surface area contributed by atoms with Crippen molar-refractivity contribution in [1.29, 1.82) is 0 Å². The summed E-state index contributed by atoms with van der Waals surface area (Å²) < 4.78 is 5.83. The van der Waals surface area contributed by atoms with E-state index < -0.39 is 8.07 Å². The number of hydrogen-bond acceptors (Lipinski definition) is 5. The number of allylic oxidation sites excluding steroid dienone is 4. The third-order valence-corrected chi connectivity index (χ3v) is 4.99. The third kappa shape index (κ3) is 12.9. The molecule has 5 nitrogen and oxygen atoms in total. The summed E-state index contributed by atoms with van der Waals surface area (Å²) in [7, 11) is 0.872. The molecule has 0 spiro atoms. The molecule has 0 aromatic heterocycles. The smallest absolute Gasteiger partial charge is 0.132 e. The van der Waals surface area contributed by atoms with E-state index in [0.29, 0.717) is 6.73 Å². The first kappa shape index (κ1) is 21.8. The molecule has 0 aromatic rings. The highest BCUT2D eigenvalue weighted by Gasteiger charge is 2.12. The predicted octanol–water partition coefficient (Wildman–Crippen LogP) is 2.87. The normalized spacial score (nSPS) is 13.0. The van der Waals surface area contributed by atoms with Gasteiger partial charge < -0.3 is 15.4 Å². The number of hydrogen-bond donors (Lipinski definition) is 3. The van der Waals surface area contributed by atoms with Crippen LogP contribution in [0.2, 0.25) is 25.7 Å². The van der Waals surface area contributed by atoms with Gasteiger partial charge in [0, 0.05) is 52.4 Å². The lowest BCUT2D eigenvalue weighted by Crippen LogP contribution is -2.41. The Kier molecular flexibility index (Phi) is 11.6. The molecule has 0 heterocycles. The Bertz CT molecular complexity index is 389. The van der Waals surface area contributed by atoms with Crippen molar-refractivity contribution in [1.82, 2.24) is 21.1 Å². The van der Waals surface area contributed by atoms with Gasteiger partial charge >= 0.3 is 0 Å². The Hall–Kier alpha value is -1.24. The van der Waals surface area contributed by atoms with Crippen molar-refractivity contribution < 1.29 is 4.74 Å². The molecule has 23 heavy (non-hydrogen) atoms. The number of rotatable bonds is 13. The average Bonchev–Trinajstić information content (AvgIpc) is 2.47. The Morgan fingerprint density at radius 3 is 2.48 bits per heavy atom. The summed E-state index contributed by atoms with van der Waals surface area (Å²) in [6.45, 7) is 17.9. The number of nitrogens with zero attached hydrogens (tertiary/aromatic N) is 1. The minimum atomic E-state index is -1.04. The minimum Gasteiger partial charge on any atom is -0.390 e. The fourth-order valence-electron chi connectivity index (χ4n) is 1.63. The third-order valence-electron chi connectivity index (χ3n) is 3.29. The zero-order valence-corrected chi connectivity index (χ0v) is 16.8. The Labute approximate surface area is 143 Å². The first-order chi connectivity index (χ1) is 10.8. The zero-order valence-electron chi connectivity index (χ0n) is 15.8. The van der Waals surface area contributed by atoms with Gasteiger partial charge in [0.2, 0.25) is 0 Å². The lowest BCUT2D eigenvalue weighted by Gasteiger charge is -2.26. The van der Waals surface area contributed by atoms with Crippen LogP contribution in [-0.4, -0.2) is 46.6 Å². The van der Waals surface area contributed by atoms with Crippen LogP contribution >= 0.6 is 0 Å². The molecular weight excluding hydrogens is 304 g/mol. The molecule has 0 fully saturated rings. The van der Waals surface area contributed by atoms with Crippen molar-refractivity contribution in [2.45, 2.75) is 39.5 Å². The van der Waals surface area contributed by atoms with Crippen molar-refractivity contribution >= 4 is 8.07 Å². The van der Waals surface area contributed by atoms with E-state index in [4.69, 9.17) is 4.74 Å². The number of ether oxygens (including phenoxy) is 1. The van der Waals surface area contributed by atoms with Gasteiger partial charge in [0.1, 0.15) is 6.73 Å². The van der Waals surface area contributed by atoms with E-state index in [9.17, 15) is 0 Å². The van der Waals surface area contributed by atoms with E-state index in [1.807, 2.05) is 31.3 Å². The van der Waals surface area contributed by atoms with Gasteiger partial charge in [0.15, 0.2) is 0 Å². The van der Waals surface area contributed by atoms with E-state index in [1.54, 1.807) is 6.08 Å². The van der Waals surface area contributed by atoms with Gasteiger partial charge in [0.25, 0.3) is 0 Å². The molecule has 0 saturated carbocycles.